The summed E-state index contributed by atoms with van der Waals surface area (Å²) in [7, 11) is 0. The SMILES string of the molecule is CCc1cc(NC(=O)COCc2ccccc2)n[nH]1. The van der Waals surface area contributed by atoms with Crippen molar-refractivity contribution in [2.75, 3.05) is 11.9 Å². The lowest BCUT2D eigenvalue weighted by Gasteiger charge is -2.04. The van der Waals surface area contributed by atoms with Gasteiger partial charge in [-0.15, -0.1) is 0 Å². The zero-order valence-corrected chi connectivity index (χ0v) is 10.8. The number of amides is 1. The van der Waals surface area contributed by atoms with E-state index in [1.165, 1.54) is 0 Å². The van der Waals surface area contributed by atoms with Gasteiger partial charge in [-0.25, -0.2) is 0 Å². The molecule has 0 unspecified atom stereocenters. The Balaban J connectivity index is 1.73. The molecule has 2 rings (SSSR count). The highest BCUT2D eigenvalue weighted by molar-refractivity contribution is 5.90. The van der Waals surface area contributed by atoms with E-state index in [1.807, 2.05) is 43.3 Å². The van der Waals surface area contributed by atoms with Crippen molar-refractivity contribution >= 4 is 11.7 Å². The van der Waals surface area contributed by atoms with Crippen LogP contribution >= 0.6 is 0 Å². The second-order valence-corrected chi connectivity index (χ2v) is 4.16. The molecule has 0 saturated heterocycles. The number of aromatic amines is 1. The van der Waals surface area contributed by atoms with Crippen LogP contribution in [0.2, 0.25) is 0 Å². The second kappa shape index (κ2) is 6.70. The summed E-state index contributed by atoms with van der Waals surface area (Å²) in [5.41, 5.74) is 2.03. The molecule has 0 aliphatic rings. The predicted molar refractivity (Wildman–Crippen MR) is 72.7 cm³/mol. The van der Waals surface area contributed by atoms with E-state index in [4.69, 9.17) is 4.74 Å². The molecule has 0 bridgehead atoms. The van der Waals surface area contributed by atoms with E-state index >= 15 is 0 Å². The van der Waals surface area contributed by atoms with Gasteiger partial charge in [-0.3, -0.25) is 9.89 Å². The molecule has 0 fully saturated rings. The molecule has 100 valence electrons. The van der Waals surface area contributed by atoms with Crippen LogP contribution in [0.1, 0.15) is 18.2 Å². The maximum Gasteiger partial charge on any atom is 0.251 e. The number of carbonyl (C=O) groups excluding carboxylic acids is 1. The van der Waals surface area contributed by atoms with Crippen molar-refractivity contribution in [3.63, 3.8) is 0 Å². The Morgan fingerprint density at radius 3 is 2.84 bits per heavy atom. The number of rotatable bonds is 6. The summed E-state index contributed by atoms with van der Waals surface area (Å²) in [4.78, 5) is 11.6. The fourth-order valence-electron chi connectivity index (χ4n) is 1.62. The van der Waals surface area contributed by atoms with E-state index in [-0.39, 0.29) is 12.5 Å². The lowest BCUT2D eigenvalue weighted by Crippen LogP contribution is -2.18. The first-order chi connectivity index (χ1) is 9.28. The van der Waals surface area contributed by atoms with E-state index < -0.39 is 0 Å². The summed E-state index contributed by atoms with van der Waals surface area (Å²) in [5.74, 6) is 0.329. The zero-order valence-electron chi connectivity index (χ0n) is 10.8. The van der Waals surface area contributed by atoms with E-state index in [1.54, 1.807) is 0 Å². The Morgan fingerprint density at radius 1 is 1.37 bits per heavy atom. The number of aromatic nitrogens is 2. The number of nitrogens with zero attached hydrogens (tertiary/aromatic N) is 1. The minimum Gasteiger partial charge on any atom is -0.367 e. The van der Waals surface area contributed by atoms with Gasteiger partial charge in [0.25, 0.3) is 5.91 Å². The lowest BCUT2D eigenvalue weighted by molar-refractivity contribution is -0.121. The van der Waals surface area contributed by atoms with Crippen LogP contribution in [-0.4, -0.2) is 22.7 Å². The first kappa shape index (κ1) is 13.3. The lowest BCUT2D eigenvalue weighted by atomic mass is 10.2. The van der Waals surface area contributed by atoms with Gasteiger partial charge in [-0.05, 0) is 12.0 Å². The van der Waals surface area contributed by atoms with Gasteiger partial charge in [0.1, 0.15) is 6.61 Å². The smallest absolute Gasteiger partial charge is 0.251 e. The van der Waals surface area contributed by atoms with Crippen molar-refractivity contribution in [2.24, 2.45) is 0 Å². The number of hydrogen-bond acceptors (Lipinski definition) is 3. The predicted octanol–water partition coefficient (Wildman–Crippen LogP) is 2.13. The molecule has 0 spiro atoms. The molecule has 0 aliphatic carbocycles. The first-order valence-electron chi connectivity index (χ1n) is 6.23. The number of aryl methyl sites for hydroxylation is 1. The molecule has 2 N–H and O–H groups in total. The third kappa shape index (κ3) is 4.22. The highest BCUT2D eigenvalue weighted by Gasteiger charge is 2.05. The Kier molecular flexibility index (Phi) is 4.69. The van der Waals surface area contributed by atoms with Gasteiger partial charge >= 0.3 is 0 Å². The van der Waals surface area contributed by atoms with Gasteiger partial charge in [0.15, 0.2) is 5.82 Å². The van der Waals surface area contributed by atoms with E-state index in [9.17, 15) is 4.79 Å². The van der Waals surface area contributed by atoms with E-state index in [0.717, 1.165) is 17.7 Å². The van der Waals surface area contributed by atoms with Gasteiger partial charge in [0.2, 0.25) is 0 Å². The standard InChI is InChI=1S/C14H17N3O2/c1-2-12-8-13(17-16-12)15-14(18)10-19-9-11-6-4-3-5-7-11/h3-8H,2,9-10H2,1H3,(H2,15,16,17,18). The normalized spacial score (nSPS) is 10.4. The Labute approximate surface area is 112 Å². The van der Waals surface area contributed by atoms with Crippen LogP contribution in [0.5, 0.6) is 0 Å². The van der Waals surface area contributed by atoms with Gasteiger partial charge in [0, 0.05) is 11.8 Å². The molecule has 1 heterocycles. The molecule has 0 aliphatic heterocycles. The number of ether oxygens (including phenoxy) is 1. The zero-order chi connectivity index (χ0) is 13.5. The summed E-state index contributed by atoms with van der Waals surface area (Å²) in [6.07, 6.45) is 0.855. The monoisotopic (exact) mass is 259 g/mol. The number of benzene rings is 1. The van der Waals surface area contributed by atoms with Crippen LogP contribution < -0.4 is 5.32 Å². The second-order valence-electron chi connectivity index (χ2n) is 4.16. The average Bonchev–Trinajstić information content (AvgIpc) is 2.87. The largest absolute Gasteiger partial charge is 0.367 e. The van der Waals surface area contributed by atoms with Crippen molar-refractivity contribution in [1.29, 1.82) is 0 Å². The molecule has 0 radical (unpaired) electrons. The quantitative estimate of drug-likeness (QED) is 0.835. The molecule has 1 amide bonds. The third-order valence-corrected chi connectivity index (χ3v) is 2.62. The summed E-state index contributed by atoms with van der Waals surface area (Å²) in [6, 6.07) is 11.6. The number of H-pyrrole nitrogens is 1. The van der Waals surface area contributed by atoms with Crippen LogP contribution in [0.15, 0.2) is 36.4 Å². The molecule has 1 aromatic heterocycles. The maximum absolute atomic E-state index is 11.6. The molecule has 0 saturated carbocycles. The molecule has 2 aromatic rings. The Hall–Kier alpha value is -2.14. The third-order valence-electron chi connectivity index (χ3n) is 2.62. The van der Waals surface area contributed by atoms with Crippen LogP contribution in [0.3, 0.4) is 0 Å². The van der Waals surface area contributed by atoms with Crippen molar-refractivity contribution in [2.45, 2.75) is 20.0 Å². The molecule has 1 aromatic carbocycles. The highest BCUT2D eigenvalue weighted by Crippen LogP contribution is 2.06. The maximum atomic E-state index is 11.6. The topological polar surface area (TPSA) is 67.0 Å². The van der Waals surface area contributed by atoms with Gasteiger partial charge < -0.3 is 10.1 Å². The van der Waals surface area contributed by atoms with Gasteiger partial charge in [-0.2, -0.15) is 5.10 Å². The molecular formula is C14H17N3O2. The minimum absolute atomic E-state index is 0.0171. The number of hydrogen-bond donors (Lipinski definition) is 2. The summed E-state index contributed by atoms with van der Waals surface area (Å²) in [6.45, 7) is 2.46. The van der Waals surface area contributed by atoms with Gasteiger partial charge in [0.05, 0.1) is 6.61 Å². The van der Waals surface area contributed by atoms with Crippen molar-refractivity contribution in [3.8, 4) is 0 Å². The van der Waals surface area contributed by atoms with Crippen LogP contribution in [0.4, 0.5) is 5.82 Å². The fourth-order valence-corrected chi connectivity index (χ4v) is 1.62. The molecular weight excluding hydrogens is 242 g/mol. The molecule has 5 heteroatoms. The van der Waals surface area contributed by atoms with Crippen LogP contribution in [0.25, 0.3) is 0 Å². The summed E-state index contributed by atoms with van der Waals surface area (Å²) < 4.78 is 5.34. The van der Waals surface area contributed by atoms with Crippen molar-refractivity contribution < 1.29 is 9.53 Å². The number of nitrogens with one attached hydrogen (secondary N) is 2. The first-order valence-corrected chi connectivity index (χ1v) is 6.23. The minimum atomic E-state index is -0.204. The molecule has 5 nitrogen and oxygen atoms in total. The highest BCUT2D eigenvalue weighted by atomic mass is 16.5. The number of carbonyl (C=O) groups is 1. The van der Waals surface area contributed by atoms with E-state index in [2.05, 4.69) is 15.5 Å². The fraction of sp³-hybridized carbons (Fsp3) is 0.286. The average molecular weight is 259 g/mol. The molecule has 0 atom stereocenters. The Morgan fingerprint density at radius 2 is 2.16 bits per heavy atom. The van der Waals surface area contributed by atoms with Gasteiger partial charge in [-0.1, -0.05) is 37.3 Å². The summed E-state index contributed by atoms with van der Waals surface area (Å²) in [5, 5.41) is 9.49. The Bertz CT molecular complexity index is 522. The van der Waals surface area contributed by atoms with Crippen LogP contribution in [0, 0.1) is 0 Å². The van der Waals surface area contributed by atoms with Crippen molar-refractivity contribution in [3.05, 3.63) is 47.7 Å². The van der Waals surface area contributed by atoms with E-state index in [0.29, 0.717) is 12.4 Å². The summed E-state index contributed by atoms with van der Waals surface area (Å²) >= 11 is 0. The number of anilines is 1. The van der Waals surface area contributed by atoms with Crippen molar-refractivity contribution in [1.82, 2.24) is 10.2 Å². The molecule has 19 heavy (non-hydrogen) atoms. The van der Waals surface area contributed by atoms with Crippen LogP contribution in [-0.2, 0) is 22.6 Å².